The Morgan fingerprint density at radius 1 is 1.25 bits per heavy atom. The zero-order chi connectivity index (χ0) is 16.7. The Balaban J connectivity index is 1.51. The van der Waals surface area contributed by atoms with Crippen molar-refractivity contribution in [2.75, 3.05) is 18.0 Å². The van der Waals surface area contributed by atoms with E-state index >= 15 is 0 Å². The van der Waals surface area contributed by atoms with Gasteiger partial charge in [-0.15, -0.1) is 5.10 Å². The minimum absolute atomic E-state index is 0.122. The van der Waals surface area contributed by atoms with E-state index in [1.165, 1.54) is 33.0 Å². The van der Waals surface area contributed by atoms with E-state index in [1.807, 2.05) is 0 Å². The van der Waals surface area contributed by atoms with Crippen molar-refractivity contribution in [2.45, 2.75) is 25.7 Å². The summed E-state index contributed by atoms with van der Waals surface area (Å²) in [5.41, 5.74) is 2.58. The van der Waals surface area contributed by atoms with Gasteiger partial charge in [-0.05, 0) is 42.9 Å². The molecule has 3 heterocycles. The summed E-state index contributed by atoms with van der Waals surface area (Å²) in [5, 5.41) is 5.32. The van der Waals surface area contributed by atoms with Crippen LogP contribution in [-0.2, 0) is 0 Å². The number of hydrogen-bond donors (Lipinski definition) is 0. The van der Waals surface area contributed by atoms with Crippen LogP contribution in [-0.4, -0.2) is 27.7 Å². The SMILES string of the molecule is Cc1cc(C2CCN(c3nn4c(=O)ccnc4s3)CC2)ccc1Br. The predicted octanol–water partition coefficient (Wildman–Crippen LogP) is 3.61. The predicted molar refractivity (Wildman–Crippen MR) is 100 cm³/mol. The van der Waals surface area contributed by atoms with E-state index in [2.05, 4.69) is 56.0 Å². The third-order valence-corrected chi connectivity index (χ3v) is 6.45. The molecule has 0 bridgehead atoms. The van der Waals surface area contributed by atoms with E-state index in [4.69, 9.17) is 0 Å². The van der Waals surface area contributed by atoms with Gasteiger partial charge in [0, 0.05) is 29.8 Å². The molecule has 7 heteroatoms. The van der Waals surface area contributed by atoms with E-state index in [1.54, 1.807) is 6.20 Å². The number of rotatable bonds is 2. The molecular weight excluding hydrogens is 388 g/mol. The molecule has 1 fully saturated rings. The number of benzene rings is 1. The lowest BCUT2D eigenvalue weighted by molar-refractivity contribution is 0.503. The molecule has 5 nitrogen and oxygen atoms in total. The fourth-order valence-corrected chi connectivity index (χ4v) is 4.36. The second-order valence-corrected chi connectivity index (χ2v) is 7.92. The summed E-state index contributed by atoms with van der Waals surface area (Å²) >= 11 is 5.05. The number of aryl methyl sites for hydroxylation is 1. The average molecular weight is 405 g/mol. The molecule has 0 amide bonds. The van der Waals surface area contributed by atoms with Gasteiger partial charge < -0.3 is 4.90 Å². The summed E-state index contributed by atoms with van der Waals surface area (Å²) in [6.45, 7) is 4.04. The Kier molecular flexibility index (Phi) is 4.14. The third kappa shape index (κ3) is 2.86. The molecule has 0 radical (unpaired) electrons. The van der Waals surface area contributed by atoms with Gasteiger partial charge in [0.15, 0.2) is 0 Å². The summed E-state index contributed by atoms with van der Waals surface area (Å²) in [6.07, 6.45) is 3.74. The van der Waals surface area contributed by atoms with Crippen LogP contribution in [0.2, 0.25) is 0 Å². The summed E-state index contributed by atoms with van der Waals surface area (Å²) in [4.78, 5) is 19.0. The first-order valence-corrected chi connectivity index (χ1v) is 9.58. The van der Waals surface area contributed by atoms with Crippen LogP contribution >= 0.6 is 27.3 Å². The van der Waals surface area contributed by atoms with Crippen molar-refractivity contribution in [1.29, 1.82) is 0 Å². The zero-order valence-corrected chi connectivity index (χ0v) is 15.7. The van der Waals surface area contributed by atoms with Gasteiger partial charge in [0.2, 0.25) is 10.1 Å². The highest BCUT2D eigenvalue weighted by molar-refractivity contribution is 9.10. The summed E-state index contributed by atoms with van der Waals surface area (Å²) < 4.78 is 2.56. The highest BCUT2D eigenvalue weighted by atomic mass is 79.9. The van der Waals surface area contributed by atoms with Crippen molar-refractivity contribution >= 4 is 37.4 Å². The molecule has 1 saturated heterocycles. The smallest absolute Gasteiger partial charge is 0.275 e. The Hall–Kier alpha value is -1.73. The van der Waals surface area contributed by atoms with Crippen LogP contribution in [0.1, 0.15) is 29.9 Å². The molecule has 4 rings (SSSR count). The number of anilines is 1. The van der Waals surface area contributed by atoms with Gasteiger partial charge >= 0.3 is 0 Å². The first kappa shape index (κ1) is 15.8. The normalized spacial score (nSPS) is 16.0. The van der Waals surface area contributed by atoms with E-state index in [-0.39, 0.29) is 5.56 Å². The largest absolute Gasteiger partial charge is 0.347 e. The Morgan fingerprint density at radius 2 is 2.04 bits per heavy atom. The van der Waals surface area contributed by atoms with Crippen molar-refractivity contribution in [3.05, 3.63) is 56.4 Å². The van der Waals surface area contributed by atoms with Crippen LogP contribution in [0.4, 0.5) is 5.13 Å². The molecule has 24 heavy (non-hydrogen) atoms. The molecule has 3 aromatic rings. The molecule has 1 aliphatic heterocycles. The van der Waals surface area contributed by atoms with Crippen LogP contribution in [0.5, 0.6) is 0 Å². The lowest BCUT2D eigenvalue weighted by Gasteiger charge is -2.31. The van der Waals surface area contributed by atoms with Crippen LogP contribution in [0.25, 0.3) is 4.96 Å². The molecule has 0 saturated carbocycles. The molecule has 2 aromatic heterocycles. The van der Waals surface area contributed by atoms with Gasteiger partial charge in [0.1, 0.15) is 0 Å². The van der Waals surface area contributed by atoms with Gasteiger partial charge in [-0.3, -0.25) is 4.79 Å². The quantitative estimate of drug-likeness (QED) is 0.654. The molecule has 0 N–H and O–H groups in total. The summed E-state index contributed by atoms with van der Waals surface area (Å²) in [6, 6.07) is 8.09. The van der Waals surface area contributed by atoms with E-state index < -0.39 is 0 Å². The lowest BCUT2D eigenvalue weighted by atomic mass is 9.89. The van der Waals surface area contributed by atoms with E-state index in [9.17, 15) is 4.79 Å². The maximum absolute atomic E-state index is 11.8. The Labute approximate surface area is 152 Å². The molecule has 1 aliphatic rings. The molecule has 0 spiro atoms. The first-order chi connectivity index (χ1) is 11.6. The Morgan fingerprint density at radius 3 is 2.75 bits per heavy atom. The number of fused-ring (bicyclic) bond motifs is 1. The fourth-order valence-electron chi connectivity index (χ4n) is 3.19. The van der Waals surface area contributed by atoms with Gasteiger partial charge in [-0.1, -0.05) is 39.4 Å². The van der Waals surface area contributed by atoms with Crippen LogP contribution in [0, 0.1) is 6.92 Å². The molecule has 0 atom stereocenters. The summed E-state index contributed by atoms with van der Waals surface area (Å²) in [7, 11) is 0. The number of aromatic nitrogens is 3. The number of piperidine rings is 1. The van der Waals surface area contributed by atoms with Crippen LogP contribution in [0.15, 0.2) is 39.7 Å². The zero-order valence-electron chi connectivity index (χ0n) is 13.3. The van der Waals surface area contributed by atoms with E-state index in [0.717, 1.165) is 35.5 Å². The molecular formula is C17H17BrN4OS. The van der Waals surface area contributed by atoms with Crippen molar-refractivity contribution in [2.24, 2.45) is 0 Å². The van der Waals surface area contributed by atoms with E-state index in [0.29, 0.717) is 10.9 Å². The third-order valence-electron chi connectivity index (χ3n) is 4.58. The second-order valence-electron chi connectivity index (χ2n) is 6.13. The number of hydrogen-bond acceptors (Lipinski definition) is 5. The monoisotopic (exact) mass is 404 g/mol. The number of halogens is 1. The van der Waals surface area contributed by atoms with Gasteiger partial charge in [-0.2, -0.15) is 4.52 Å². The molecule has 1 aromatic carbocycles. The minimum Gasteiger partial charge on any atom is -0.347 e. The highest BCUT2D eigenvalue weighted by Crippen LogP contribution is 2.33. The van der Waals surface area contributed by atoms with Gasteiger partial charge in [-0.25, -0.2) is 4.98 Å². The Bertz CT molecular complexity index is 943. The van der Waals surface area contributed by atoms with Crippen molar-refractivity contribution < 1.29 is 0 Å². The van der Waals surface area contributed by atoms with Crippen molar-refractivity contribution in [3.63, 3.8) is 0 Å². The molecule has 124 valence electrons. The van der Waals surface area contributed by atoms with Crippen molar-refractivity contribution in [1.82, 2.24) is 14.6 Å². The van der Waals surface area contributed by atoms with Crippen molar-refractivity contribution in [3.8, 4) is 0 Å². The van der Waals surface area contributed by atoms with Gasteiger partial charge in [0.25, 0.3) is 5.56 Å². The first-order valence-electron chi connectivity index (χ1n) is 7.98. The maximum atomic E-state index is 11.8. The number of nitrogens with zero attached hydrogens (tertiary/aromatic N) is 4. The molecule has 0 aliphatic carbocycles. The minimum atomic E-state index is -0.122. The molecule has 0 unspecified atom stereocenters. The second kappa shape index (κ2) is 6.29. The summed E-state index contributed by atoms with van der Waals surface area (Å²) in [5.74, 6) is 0.586. The standard InChI is InChI=1S/C17H17BrN4OS/c1-11-10-13(2-3-14(11)18)12-5-8-21(9-6-12)17-20-22-15(23)4-7-19-16(22)24-17/h2-4,7,10,12H,5-6,8-9H2,1H3. The topological polar surface area (TPSA) is 50.5 Å². The highest BCUT2D eigenvalue weighted by Gasteiger charge is 2.23. The average Bonchev–Trinajstić information content (AvgIpc) is 3.03. The van der Waals surface area contributed by atoms with Crippen LogP contribution < -0.4 is 10.5 Å². The maximum Gasteiger partial charge on any atom is 0.275 e. The van der Waals surface area contributed by atoms with Crippen LogP contribution in [0.3, 0.4) is 0 Å². The van der Waals surface area contributed by atoms with Gasteiger partial charge in [0.05, 0.1) is 0 Å². The lowest BCUT2D eigenvalue weighted by Crippen LogP contribution is -2.33. The fraction of sp³-hybridized carbons (Fsp3) is 0.353.